The van der Waals surface area contributed by atoms with E-state index in [1.807, 2.05) is 20.8 Å². The molecule has 0 spiro atoms. The van der Waals surface area contributed by atoms with Crippen LogP contribution in [0.2, 0.25) is 0 Å². The summed E-state index contributed by atoms with van der Waals surface area (Å²) in [6.07, 6.45) is 0.683. The smallest absolute Gasteiger partial charge is 0.303 e. The van der Waals surface area contributed by atoms with Crippen LogP contribution in [-0.2, 0) is 9.53 Å². The average Bonchev–Trinajstić information content (AvgIpc) is 2.00. The lowest BCUT2D eigenvalue weighted by Crippen LogP contribution is -2.28. The summed E-state index contributed by atoms with van der Waals surface area (Å²) >= 11 is 0. The molecule has 4 nitrogen and oxygen atoms in total. The second kappa shape index (κ2) is 5.98. The molecule has 0 aliphatic heterocycles. The highest BCUT2D eigenvalue weighted by molar-refractivity contribution is 5.66. The van der Waals surface area contributed by atoms with Crippen LogP contribution in [0.15, 0.2) is 0 Å². The molecule has 1 unspecified atom stereocenters. The Labute approximate surface area is 84.9 Å². The number of aliphatic hydroxyl groups is 1. The van der Waals surface area contributed by atoms with Gasteiger partial charge in [-0.25, -0.2) is 0 Å². The van der Waals surface area contributed by atoms with E-state index >= 15 is 0 Å². The Balaban J connectivity index is 3.75. The number of ether oxygens (including phenoxy) is 1. The quantitative estimate of drug-likeness (QED) is 0.655. The van der Waals surface area contributed by atoms with Gasteiger partial charge in [0.05, 0.1) is 18.6 Å². The fourth-order valence-corrected chi connectivity index (χ4v) is 1.07. The van der Waals surface area contributed by atoms with Crippen molar-refractivity contribution in [2.75, 3.05) is 13.2 Å². The van der Waals surface area contributed by atoms with Crippen LogP contribution < -0.4 is 0 Å². The summed E-state index contributed by atoms with van der Waals surface area (Å²) in [7, 11) is 0. The largest absolute Gasteiger partial charge is 0.481 e. The highest BCUT2D eigenvalue weighted by Crippen LogP contribution is 2.16. The van der Waals surface area contributed by atoms with Gasteiger partial charge in [-0.15, -0.1) is 0 Å². The Morgan fingerprint density at radius 1 is 1.50 bits per heavy atom. The molecule has 0 amide bonds. The molecule has 0 aliphatic rings. The van der Waals surface area contributed by atoms with Crippen LogP contribution in [0.1, 0.15) is 33.6 Å². The lowest BCUT2D eigenvalue weighted by atomic mass is 10.0. The molecular formula is C10H20O4. The van der Waals surface area contributed by atoms with E-state index in [2.05, 4.69) is 0 Å². The van der Waals surface area contributed by atoms with Gasteiger partial charge in [-0.3, -0.25) is 4.79 Å². The first kappa shape index (κ1) is 13.4. The third-order valence-corrected chi connectivity index (χ3v) is 2.00. The minimum absolute atomic E-state index is 0.00506. The maximum absolute atomic E-state index is 10.4. The minimum Gasteiger partial charge on any atom is -0.481 e. The number of hydrogen-bond acceptors (Lipinski definition) is 3. The zero-order valence-electron chi connectivity index (χ0n) is 9.12. The molecule has 0 saturated carbocycles. The maximum Gasteiger partial charge on any atom is 0.303 e. The van der Waals surface area contributed by atoms with Crippen LogP contribution in [0.3, 0.4) is 0 Å². The second-order valence-electron chi connectivity index (χ2n) is 4.25. The topological polar surface area (TPSA) is 66.8 Å². The average molecular weight is 204 g/mol. The fraction of sp³-hybridized carbons (Fsp3) is 0.900. The predicted octanol–water partition coefficient (Wildman–Crippen LogP) is 1.27. The Morgan fingerprint density at radius 2 is 2.07 bits per heavy atom. The zero-order valence-corrected chi connectivity index (χ0v) is 9.12. The maximum atomic E-state index is 10.4. The molecule has 0 rings (SSSR count). The van der Waals surface area contributed by atoms with Crippen LogP contribution >= 0.6 is 0 Å². The lowest BCUT2D eigenvalue weighted by Gasteiger charge is -2.26. The van der Waals surface area contributed by atoms with Gasteiger partial charge >= 0.3 is 5.97 Å². The monoisotopic (exact) mass is 204 g/mol. The number of rotatable bonds is 7. The van der Waals surface area contributed by atoms with Gasteiger partial charge in [0.2, 0.25) is 0 Å². The molecule has 1 atom stereocenters. The van der Waals surface area contributed by atoms with Crippen LogP contribution in [0.25, 0.3) is 0 Å². The zero-order chi connectivity index (χ0) is 11.2. The number of hydrogen-bond donors (Lipinski definition) is 2. The van der Waals surface area contributed by atoms with Crippen molar-refractivity contribution < 1.29 is 19.7 Å². The first-order valence-corrected chi connectivity index (χ1v) is 4.84. The summed E-state index contributed by atoms with van der Waals surface area (Å²) in [6, 6.07) is 0. The summed E-state index contributed by atoms with van der Waals surface area (Å²) in [5, 5.41) is 17.3. The summed E-state index contributed by atoms with van der Waals surface area (Å²) in [5.41, 5.74) is -0.373. The molecule has 0 aromatic rings. The van der Waals surface area contributed by atoms with E-state index in [0.29, 0.717) is 13.0 Å². The minimum atomic E-state index is -0.805. The SMILES string of the molecule is CC(COC(C)(C)CCO)CC(=O)O. The highest BCUT2D eigenvalue weighted by Gasteiger charge is 2.19. The first-order valence-electron chi connectivity index (χ1n) is 4.84. The molecule has 0 aromatic heterocycles. The van der Waals surface area contributed by atoms with Crippen LogP contribution in [0.5, 0.6) is 0 Å². The molecule has 0 radical (unpaired) electrons. The molecule has 0 bridgehead atoms. The van der Waals surface area contributed by atoms with Crippen LogP contribution in [0.4, 0.5) is 0 Å². The predicted molar refractivity (Wildman–Crippen MR) is 53.2 cm³/mol. The normalized spacial score (nSPS) is 14.0. The van der Waals surface area contributed by atoms with Crippen LogP contribution in [0, 0.1) is 5.92 Å². The molecule has 0 aliphatic carbocycles. The second-order valence-corrected chi connectivity index (χ2v) is 4.25. The molecule has 2 N–H and O–H groups in total. The molecule has 4 heteroatoms. The fourth-order valence-electron chi connectivity index (χ4n) is 1.07. The van der Waals surface area contributed by atoms with Gasteiger partial charge in [-0.2, -0.15) is 0 Å². The molecule has 84 valence electrons. The van der Waals surface area contributed by atoms with Crippen molar-refractivity contribution in [3.63, 3.8) is 0 Å². The summed E-state index contributed by atoms with van der Waals surface area (Å²) in [6.45, 7) is 6.11. The first-order chi connectivity index (χ1) is 6.37. The molecule has 0 heterocycles. The number of aliphatic hydroxyl groups excluding tert-OH is 1. The molecule has 0 fully saturated rings. The van der Waals surface area contributed by atoms with E-state index in [0.717, 1.165) is 0 Å². The summed E-state index contributed by atoms with van der Waals surface area (Å²) in [4.78, 5) is 10.4. The van der Waals surface area contributed by atoms with Gasteiger partial charge in [0.25, 0.3) is 0 Å². The number of carboxylic acids is 1. The lowest BCUT2D eigenvalue weighted by molar-refractivity contribution is -0.139. The third kappa shape index (κ3) is 6.86. The van der Waals surface area contributed by atoms with E-state index in [9.17, 15) is 4.79 Å². The van der Waals surface area contributed by atoms with Crippen LogP contribution in [-0.4, -0.2) is 35.0 Å². The van der Waals surface area contributed by atoms with E-state index in [4.69, 9.17) is 14.9 Å². The van der Waals surface area contributed by atoms with Gasteiger partial charge < -0.3 is 14.9 Å². The standard InChI is InChI=1S/C10H20O4/c1-8(6-9(12)13)7-14-10(2,3)4-5-11/h8,11H,4-7H2,1-3H3,(H,12,13). The molecular weight excluding hydrogens is 184 g/mol. The molecule has 0 aromatic carbocycles. The van der Waals surface area contributed by atoms with E-state index in [1.54, 1.807) is 0 Å². The van der Waals surface area contributed by atoms with Crippen molar-refractivity contribution in [3.8, 4) is 0 Å². The Bertz CT molecular complexity index is 177. The molecule has 14 heavy (non-hydrogen) atoms. The van der Waals surface area contributed by atoms with Gasteiger partial charge in [0.1, 0.15) is 0 Å². The molecule has 0 saturated heterocycles. The highest BCUT2D eigenvalue weighted by atomic mass is 16.5. The van der Waals surface area contributed by atoms with Crippen molar-refractivity contribution in [2.45, 2.75) is 39.2 Å². The van der Waals surface area contributed by atoms with E-state index < -0.39 is 5.97 Å². The number of carbonyl (C=O) groups is 1. The van der Waals surface area contributed by atoms with Gasteiger partial charge in [0.15, 0.2) is 0 Å². The number of aliphatic carboxylic acids is 1. The van der Waals surface area contributed by atoms with Gasteiger partial charge in [-0.05, 0) is 26.2 Å². The summed E-state index contributed by atoms with van der Waals surface area (Å²) < 4.78 is 5.51. The van der Waals surface area contributed by atoms with Crippen molar-refractivity contribution >= 4 is 5.97 Å². The number of carboxylic acid groups (broad SMARTS) is 1. The van der Waals surface area contributed by atoms with Crippen molar-refractivity contribution in [1.29, 1.82) is 0 Å². The van der Waals surface area contributed by atoms with Gasteiger partial charge in [0, 0.05) is 6.61 Å². The van der Waals surface area contributed by atoms with Crippen molar-refractivity contribution in [1.82, 2.24) is 0 Å². The van der Waals surface area contributed by atoms with E-state index in [-0.39, 0.29) is 24.5 Å². The van der Waals surface area contributed by atoms with Gasteiger partial charge in [-0.1, -0.05) is 6.92 Å². The Hall–Kier alpha value is -0.610. The van der Waals surface area contributed by atoms with E-state index in [1.165, 1.54) is 0 Å². The Morgan fingerprint density at radius 3 is 2.50 bits per heavy atom. The van der Waals surface area contributed by atoms with Crippen molar-refractivity contribution in [2.24, 2.45) is 5.92 Å². The van der Waals surface area contributed by atoms with Crippen molar-refractivity contribution in [3.05, 3.63) is 0 Å². The Kier molecular flexibility index (Phi) is 5.72. The summed E-state index contributed by atoms with van der Waals surface area (Å²) in [5.74, 6) is -0.800. The third-order valence-electron chi connectivity index (χ3n) is 2.00.